The first-order valence-corrected chi connectivity index (χ1v) is 6.12. The molecular weight excluding hydrogens is 246 g/mol. The van der Waals surface area contributed by atoms with E-state index in [0.29, 0.717) is 0 Å². The van der Waals surface area contributed by atoms with Crippen LogP contribution in [0, 0.1) is 0 Å². The Kier molecular flexibility index (Phi) is 4.02. The van der Waals surface area contributed by atoms with Crippen LogP contribution in [0.15, 0.2) is 30.2 Å². The van der Waals surface area contributed by atoms with Gasteiger partial charge in [-0.2, -0.15) is 4.31 Å². The number of hydrogen-bond acceptors (Lipinski definition) is 4. The van der Waals surface area contributed by atoms with Gasteiger partial charge in [-0.3, -0.25) is 4.79 Å². The maximum atomic E-state index is 12.0. The first-order chi connectivity index (χ1) is 7.87. The van der Waals surface area contributed by atoms with E-state index in [1.165, 1.54) is 23.2 Å². The van der Waals surface area contributed by atoms with E-state index in [4.69, 9.17) is 5.11 Å². The van der Waals surface area contributed by atoms with Crippen LogP contribution in [0.2, 0.25) is 0 Å². The molecule has 1 rings (SSSR count). The molecule has 0 saturated heterocycles. The minimum Gasteiger partial charge on any atom is -0.480 e. The van der Waals surface area contributed by atoms with Crippen molar-refractivity contribution >= 4 is 16.0 Å². The van der Waals surface area contributed by atoms with Gasteiger partial charge in [0.25, 0.3) is 10.0 Å². The Morgan fingerprint density at radius 2 is 2.35 bits per heavy atom. The average Bonchev–Trinajstić information content (AvgIpc) is 2.64. The predicted octanol–water partition coefficient (Wildman–Crippen LogP) is -0.319. The summed E-state index contributed by atoms with van der Waals surface area (Å²) in [4.78, 5) is 14.3. The fraction of sp³-hybridized carbons (Fsp3) is 0.333. The van der Waals surface area contributed by atoms with Gasteiger partial charge < -0.3 is 9.67 Å². The quantitative estimate of drug-likeness (QED) is 0.707. The zero-order valence-electron chi connectivity index (χ0n) is 9.28. The van der Waals surface area contributed by atoms with Crippen molar-refractivity contribution in [2.45, 2.75) is 5.03 Å². The summed E-state index contributed by atoms with van der Waals surface area (Å²) in [5.41, 5.74) is 0. The monoisotopic (exact) mass is 259 g/mol. The molecule has 0 aliphatic carbocycles. The lowest BCUT2D eigenvalue weighted by atomic mass is 10.6. The Morgan fingerprint density at radius 1 is 1.71 bits per heavy atom. The van der Waals surface area contributed by atoms with E-state index in [0.717, 1.165) is 4.31 Å². The third-order valence-corrected chi connectivity index (χ3v) is 3.63. The van der Waals surface area contributed by atoms with Crippen molar-refractivity contribution in [2.24, 2.45) is 7.05 Å². The Balaban J connectivity index is 3.07. The van der Waals surface area contributed by atoms with E-state index in [9.17, 15) is 13.2 Å². The van der Waals surface area contributed by atoms with Crippen molar-refractivity contribution < 1.29 is 18.3 Å². The van der Waals surface area contributed by atoms with Crippen molar-refractivity contribution in [3.63, 3.8) is 0 Å². The number of rotatable bonds is 6. The number of carbonyl (C=O) groups is 1. The summed E-state index contributed by atoms with van der Waals surface area (Å²) in [5, 5.41) is 8.48. The van der Waals surface area contributed by atoms with Crippen molar-refractivity contribution in [1.29, 1.82) is 0 Å². The Labute approximate surface area is 99.0 Å². The maximum absolute atomic E-state index is 12.0. The van der Waals surface area contributed by atoms with Crippen LogP contribution in [0.3, 0.4) is 0 Å². The summed E-state index contributed by atoms with van der Waals surface area (Å²) >= 11 is 0. The third-order valence-electron chi connectivity index (χ3n) is 1.93. The molecule has 0 aromatic carbocycles. The van der Waals surface area contributed by atoms with Crippen LogP contribution in [-0.4, -0.2) is 46.4 Å². The zero-order chi connectivity index (χ0) is 13.1. The highest BCUT2D eigenvalue weighted by Crippen LogP contribution is 2.12. The molecule has 0 atom stereocenters. The number of carboxylic acids is 1. The van der Waals surface area contributed by atoms with Crippen molar-refractivity contribution in [2.75, 3.05) is 13.1 Å². The van der Waals surface area contributed by atoms with E-state index >= 15 is 0 Å². The molecule has 0 spiro atoms. The number of carboxylic acid groups (broad SMARTS) is 1. The van der Waals surface area contributed by atoms with Gasteiger partial charge in [0.2, 0.25) is 0 Å². The van der Waals surface area contributed by atoms with Gasteiger partial charge in [-0.15, -0.1) is 6.58 Å². The van der Waals surface area contributed by atoms with E-state index < -0.39 is 22.5 Å². The Hall–Kier alpha value is -1.67. The van der Waals surface area contributed by atoms with Crippen LogP contribution in [0.25, 0.3) is 0 Å². The summed E-state index contributed by atoms with van der Waals surface area (Å²) in [7, 11) is -2.26. The highest BCUT2D eigenvalue weighted by molar-refractivity contribution is 7.89. The van der Waals surface area contributed by atoms with Gasteiger partial charge >= 0.3 is 5.97 Å². The van der Waals surface area contributed by atoms with Crippen LogP contribution in [0.4, 0.5) is 0 Å². The number of nitrogens with zero attached hydrogens (tertiary/aromatic N) is 3. The topological polar surface area (TPSA) is 92.5 Å². The number of sulfonamides is 1. The number of imidazole rings is 1. The lowest BCUT2D eigenvalue weighted by molar-refractivity contribution is -0.137. The molecule has 0 fully saturated rings. The smallest absolute Gasteiger partial charge is 0.318 e. The molecule has 0 saturated carbocycles. The molecule has 0 unspecified atom stereocenters. The molecule has 0 amide bonds. The van der Waals surface area contributed by atoms with Gasteiger partial charge in [-0.25, -0.2) is 13.4 Å². The largest absolute Gasteiger partial charge is 0.480 e. The third kappa shape index (κ3) is 3.14. The lowest BCUT2D eigenvalue weighted by Crippen LogP contribution is -2.36. The molecule has 1 heterocycles. The molecule has 8 heteroatoms. The molecule has 94 valence electrons. The number of aryl methyl sites for hydroxylation is 1. The molecule has 0 aliphatic rings. The summed E-state index contributed by atoms with van der Waals surface area (Å²) < 4.78 is 26.3. The predicted molar refractivity (Wildman–Crippen MR) is 59.8 cm³/mol. The van der Waals surface area contributed by atoms with Gasteiger partial charge in [0.05, 0.1) is 6.33 Å². The second kappa shape index (κ2) is 5.11. The zero-order valence-corrected chi connectivity index (χ0v) is 10.1. The van der Waals surface area contributed by atoms with Crippen LogP contribution in [0.5, 0.6) is 0 Å². The molecule has 7 nitrogen and oxygen atoms in total. The number of hydrogen-bond donors (Lipinski definition) is 1. The fourth-order valence-corrected chi connectivity index (χ4v) is 2.52. The first-order valence-electron chi connectivity index (χ1n) is 4.68. The van der Waals surface area contributed by atoms with Crippen LogP contribution < -0.4 is 0 Å². The number of aliphatic carboxylic acids is 1. The summed E-state index contributed by atoms with van der Waals surface area (Å²) in [6.07, 6.45) is 3.97. The van der Waals surface area contributed by atoms with E-state index in [-0.39, 0.29) is 11.6 Å². The normalized spacial score (nSPS) is 11.6. The number of aromatic nitrogens is 2. The molecule has 1 N–H and O–H groups in total. The second-order valence-electron chi connectivity index (χ2n) is 3.36. The highest BCUT2D eigenvalue weighted by Gasteiger charge is 2.27. The summed E-state index contributed by atoms with van der Waals surface area (Å²) in [6.45, 7) is 2.70. The van der Waals surface area contributed by atoms with Crippen LogP contribution >= 0.6 is 0 Å². The average molecular weight is 259 g/mol. The van der Waals surface area contributed by atoms with Crippen molar-refractivity contribution in [3.8, 4) is 0 Å². The lowest BCUT2D eigenvalue weighted by Gasteiger charge is -2.16. The van der Waals surface area contributed by atoms with Gasteiger partial charge in [-0.05, 0) is 0 Å². The minimum atomic E-state index is -3.89. The molecule has 17 heavy (non-hydrogen) atoms. The molecule has 1 aromatic heterocycles. The van der Waals surface area contributed by atoms with Gasteiger partial charge in [0.1, 0.15) is 6.54 Å². The van der Waals surface area contributed by atoms with E-state index in [1.54, 1.807) is 7.05 Å². The van der Waals surface area contributed by atoms with Crippen molar-refractivity contribution in [1.82, 2.24) is 13.9 Å². The van der Waals surface area contributed by atoms with Gasteiger partial charge in [0.15, 0.2) is 5.03 Å². The minimum absolute atomic E-state index is 0.0782. The van der Waals surface area contributed by atoms with E-state index in [1.807, 2.05) is 0 Å². The standard InChI is InChI=1S/C9H13N3O4S/c1-3-4-12(6-9(13)14)17(15,16)8-5-11(2)7-10-8/h3,5,7H,1,4,6H2,2H3,(H,13,14). The molecule has 0 radical (unpaired) electrons. The van der Waals surface area contributed by atoms with Crippen LogP contribution in [-0.2, 0) is 21.9 Å². The van der Waals surface area contributed by atoms with Gasteiger partial charge in [0, 0.05) is 19.8 Å². The Morgan fingerprint density at radius 3 is 2.76 bits per heavy atom. The first kappa shape index (κ1) is 13.4. The second-order valence-corrected chi connectivity index (χ2v) is 5.24. The van der Waals surface area contributed by atoms with E-state index in [2.05, 4.69) is 11.6 Å². The SMILES string of the molecule is C=CCN(CC(=O)O)S(=O)(=O)c1cn(C)cn1. The van der Waals surface area contributed by atoms with Gasteiger partial charge in [-0.1, -0.05) is 6.08 Å². The maximum Gasteiger partial charge on any atom is 0.318 e. The molecule has 0 aliphatic heterocycles. The highest BCUT2D eigenvalue weighted by atomic mass is 32.2. The summed E-state index contributed by atoms with van der Waals surface area (Å²) in [5.74, 6) is -1.23. The van der Waals surface area contributed by atoms with Crippen LogP contribution in [0.1, 0.15) is 0 Å². The van der Waals surface area contributed by atoms with Crippen molar-refractivity contribution in [3.05, 3.63) is 25.2 Å². The Bertz CT molecular complexity index is 520. The molecule has 1 aromatic rings. The fourth-order valence-electron chi connectivity index (χ4n) is 1.20. The summed E-state index contributed by atoms with van der Waals surface area (Å²) in [6, 6.07) is 0. The molecular formula is C9H13N3O4S. The molecule has 0 bridgehead atoms.